The second-order valence-electron chi connectivity index (χ2n) is 8.60. The van der Waals surface area contributed by atoms with Crippen LogP contribution in [0.1, 0.15) is 48.3 Å². The smallest absolute Gasteiger partial charge is 0.390 e. The molecule has 0 saturated carbocycles. The number of thiophene rings is 1. The molecule has 0 bridgehead atoms. The van der Waals surface area contributed by atoms with Gasteiger partial charge in [0, 0.05) is 46.5 Å². The number of alkyl halides is 3. The van der Waals surface area contributed by atoms with Crippen molar-refractivity contribution >= 4 is 33.4 Å². The highest BCUT2D eigenvalue weighted by Gasteiger charge is 2.31. The summed E-state index contributed by atoms with van der Waals surface area (Å²) < 4.78 is 51.1. The highest BCUT2D eigenvalue weighted by atomic mass is 32.1. The molecule has 194 valence electrons. The van der Waals surface area contributed by atoms with Gasteiger partial charge in [-0.05, 0) is 19.4 Å². The van der Waals surface area contributed by atoms with Gasteiger partial charge in [0.25, 0.3) is 11.5 Å². The molecule has 1 atom stereocenters. The Morgan fingerprint density at radius 3 is 2.34 bits per heavy atom. The van der Waals surface area contributed by atoms with E-state index in [1.54, 1.807) is 18.7 Å². The Morgan fingerprint density at radius 2 is 1.80 bits per heavy atom. The molecule has 2 aromatic heterocycles. The first kappa shape index (κ1) is 26.9. The van der Waals surface area contributed by atoms with Crippen LogP contribution in [0.25, 0.3) is 10.2 Å². The molecule has 2 aromatic rings. The fourth-order valence-electron chi connectivity index (χ4n) is 4.08. The summed E-state index contributed by atoms with van der Waals surface area (Å²) in [7, 11) is 1.40. The van der Waals surface area contributed by atoms with Gasteiger partial charge in [-0.2, -0.15) is 13.2 Å². The first-order chi connectivity index (χ1) is 16.3. The van der Waals surface area contributed by atoms with Crippen LogP contribution in [0.2, 0.25) is 0 Å². The summed E-state index contributed by atoms with van der Waals surface area (Å²) in [5.74, 6) is -0.776. The van der Waals surface area contributed by atoms with E-state index in [4.69, 9.17) is 9.47 Å². The molecule has 35 heavy (non-hydrogen) atoms. The van der Waals surface area contributed by atoms with Crippen molar-refractivity contribution in [1.82, 2.24) is 14.0 Å². The summed E-state index contributed by atoms with van der Waals surface area (Å²) in [6, 6.07) is 0. The summed E-state index contributed by atoms with van der Waals surface area (Å²) in [4.78, 5) is 52.6. The number of carbonyl (C=O) groups is 2. The number of halogens is 3. The Labute approximate surface area is 203 Å². The molecule has 0 spiro atoms. The molecule has 13 heteroatoms. The van der Waals surface area contributed by atoms with Crippen molar-refractivity contribution in [3.63, 3.8) is 0 Å². The van der Waals surface area contributed by atoms with Gasteiger partial charge in [-0.25, -0.2) is 4.79 Å². The van der Waals surface area contributed by atoms with Crippen LogP contribution in [0.3, 0.4) is 0 Å². The predicted molar refractivity (Wildman–Crippen MR) is 123 cm³/mol. The lowest BCUT2D eigenvalue weighted by atomic mass is 10.1. The number of hydrogen-bond acceptors (Lipinski definition) is 7. The summed E-state index contributed by atoms with van der Waals surface area (Å²) in [6.07, 6.45) is -5.69. The lowest BCUT2D eigenvalue weighted by Gasteiger charge is -2.31. The number of fused-ring (bicyclic) bond motifs is 1. The van der Waals surface area contributed by atoms with E-state index in [2.05, 4.69) is 0 Å². The van der Waals surface area contributed by atoms with Crippen molar-refractivity contribution in [2.24, 2.45) is 0 Å². The monoisotopic (exact) mass is 519 g/mol. The van der Waals surface area contributed by atoms with E-state index >= 15 is 0 Å². The number of nitrogens with zero attached hydrogens (tertiary/aromatic N) is 3. The second-order valence-corrected chi connectivity index (χ2v) is 9.60. The number of amides is 1. The number of aromatic nitrogens is 2. The van der Waals surface area contributed by atoms with E-state index in [1.807, 2.05) is 0 Å². The first-order valence-corrected chi connectivity index (χ1v) is 12.0. The first-order valence-electron chi connectivity index (χ1n) is 11.2. The van der Waals surface area contributed by atoms with Gasteiger partial charge in [0.05, 0.1) is 29.3 Å². The number of likely N-dealkylation sites (tertiary alicyclic amines) is 1. The maximum absolute atomic E-state index is 13.3. The zero-order valence-corrected chi connectivity index (χ0v) is 20.8. The average Bonchev–Trinajstić information content (AvgIpc) is 3.12. The molecular weight excluding hydrogens is 491 g/mol. The van der Waals surface area contributed by atoms with Crippen LogP contribution in [0, 0.1) is 6.92 Å². The van der Waals surface area contributed by atoms with Gasteiger partial charge in [0.1, 0.15) is 10.9 Å². The summed E-state index contributed by atoms with van der Waals surface area (Å²) in [5, 5.41) is 0.0539. The topological polar surface area (TPSA) is 99.8 Å². The lowest BCUT2D eigenvalue weighted by molar-refractivity contribution is -0.148. The largest absolute Gasteiger partial charge is 0.462 e. The lowest BCUT2D eigenvalue weighted by Crippen LogP contribution is -2.42. The Kier molecular flexibility index (Phi) is 8.10. The molecule has 0 aromatic carbocycles. The number of esters is 1. The molecule has 3 rings (SSSR count). The van der Waals surface area contributed by atoms with Crippen LogP contribution >= 0.6 is 11.3 Å². The number of hydrogen-bond donors (Lipinski definition) is 0. The van der Waals surface area contributed by atoms with Gasteiger partial charge >= 0.3 is 17.8 Å². The maximum atomic E-state index is 13.3. The fraction of sp³-hybridized carbons (Fsp3) is 0.636. The normalized spacial score (nSPS) is 16.0. The molecule has 0 radical (unpaired) electrons. The van der Waals surface area contributed by atoms with Gasteiger partial charge < -0.3 is 14.4 Å². The van der Waals surface area contributed by atoms with E-state index in [0.29, 0.717) is 31.5 Å². The van der Waals surface area contributed by atoms with Crippen molar-refractivity contribution in [3.8, 4) is 0 Å². The molecule has 1 aliphatic heterocycles. The minimum Gasteiger partial charge on any atom is -0.462 e. The third-order valence-electron chi connectivity index (χ3n) is 6.01. The predicted octanol–water partition coefficient (Wildman–Crippen LogP) is 2.69. The molecule has 3 heterocycles. The number of methoxy groups -OCH3 is 1. The molecule has 1 amide bonds. The Hall–Kier alpha value is -2.67. The number of piperidine rings is 1. The third kappa shape index (κ3) is 5.95. The van der Waals surface area contributed by atoms with E-state index in [1.165, 1.54) is 14.0 Å². The Balaban J connectivity index is 2.05. The standard InChI is InChI=1S/C22H28F3N3O6S/c1-12(33-4)11-28-18(30)16-13(2)17(19(31)26-8-5-15(6-9-26)34-14(3)29)35-20(16)27(21(28)32)10-7-22(23,24)25/h12,15H,5-11H2,1-4H3. The SMILES string of the molecule is COC(C)Cn1c(=O)c2c(C)c(C(=O)N3CCC(OC(C)=O)CC3)sc2n(CCC(F)(F)F)c1=O. The highest BCUT2D eigenvalue weighted by Crippen LogP contribution is 2.31. The van der Waals surface area contributed by atoms with Crippen LogP contribution in [0.4, 0.5) is 13.2 Å². The van der Waals surface area contributed by atoms with Crippen LogP contribution in [-0.4, -0.2) is 64.5 Å². The van der Waals surface area contributed by atoms with E-state index in [0.717, 1.165) is 20.5 Å². The van der Waals surface area contributed by atoms with Crippen LogP contribution < -0.4 is 11.2 Å². The second kappa shape index (κ2) is 10.5. The van der Waals surface area contributed by atoms with Crippen LogP contribution in [0.15, 0.2) is 9.59 Å². The molecule has 1 unspecified atom stereocenters. The van der Waals surface area contributed by atoms with E-state index in [-0.39, 0.29) is 33.6 Å². The summed E-state index contributed by atoms with van der Waals surface area (Å²) in [6.45, 7) is 4.32. The van der Waals surface area contributed by atoms with Crippen LogP contribution in [-0.2, 0) is 27.4 Å². The zero-order valence-electron chi connectivity index (χ0n) is 19.9. The highest BCUT2D eigenvalue weighted by molar-refractivity contribution is 7.20. The fourth-order valence-corrected chi connectivity index (χ4v) is 5.37. The number of carbonyl (C=O) groups excluding carboxylic acids is 2. The van der Waals surface area contributed by atoms with Crippen molar-refractivity contribution in [2.75, 3.05) is 20.2 Å². The zero-order chi connectivity index (χ0) is 26.1. The summed E-state index contributed by atoms with van der Waals surface area (Å²) >= 11 is 0.850. The minimum absolute atomic E-state index is 0.0428. The van der Waals surface area contributed by atoms with E-state index < -0.39 is 42.5 Å². The van der Waals surface area contributed by atoms with Gasteiger partial charge in [-0.15, -0.1) is 11.3 Å². The average molecular weight is 520 g/mol. The third-order valence-corrected chi connectivity index (χ3v) is 7.31. The van der Waals surface area contributed by atoms with Crippen molar-refractivity contribution in [2.45, 2.75) is 71.5 Å². The molecular formula is C22H28F3N3O6S. The van der Waals surface area contributed by atoms with Gasteiger partial charge in [-0.1, -0.05) is 0 Å². The van der Waals surface area contributed by atoms with Crippen molar-refractivity contribution in [3.05, 3.63) is 31.3 Å². The molecule has 1 fully saturated rings. The number of rotatable bonds is 7. The Bertz CT molecular complexity index is 1220. The minimum atomic E-state index is -4.51. The number of aryl methyl sites for hydroxylation is 2. The van der Waals surface area contributed by atoms with Gasteiger partial charge in [0.2, 0.25) is 0 Å². The molecule has 1 aliphatic rings. The molecule has 0 N–H and O–H groups in total. The maximum Gasteiger partial charge on any atom is 0.390 e. The summed E-state index contributed by atoms with van der Waals surface area (Å²) in [5.41, 5.74) is -1.22. The van der Waals surface area contributed by atoms with Crippen molar-refractivity contribution < 1.29 is 32.2 Å². The van der Waals surface area contributed by atoms with Gasteiger partial charge in [-0.3, -0.25) is 23.5 Å². The molecule has 0 aliphatic carbocycles. The molecule has 9 nitrogen and oxygen atoms in total. The van der Waals surface area contributed by atoms with Gasteiger partial charge in [0.15, 0.2) is 0 Å². The van der Waals surface area contributed by atoms with Crippen molar-refractivity contribution in [1.29, 1.82) is 0 Å². The quantitative estimate of drug-likeness (QED) is 0.522. The Morgan fingerprint density at radius 1 is 1.17 bits per heavy atom. The van der Waals surface area contributed by atoms with E-state index in [9.17, 15) is 32.3 Å². The number of ether oxygens (including phenoxy) is 2. The van der Waals surface area contributed by atoms with Crippen LogP contribution in [0.5, 0.6) is 0 Å². The molecule has 1 saturated heterocycles.